The number of nitrogens with one attached hydrogen (secondary N) is 1. The summed E-state index contributed by atoms with van der Waals surface area (Å²) in [4.78, 5) is 21.3. The second-order valence-corrected chi connectivity index (χ2v) is 16.1. The second-order valence-electron chi connectivity index (χ2n) is 13.5. The Balaban J connectivity index is 1.68. The summed E-state index contributed by atoms with van der Waals surface area (Å²) in [6.45, 7) is 16.8. The zero-order valence-electron chi connectivity index (χ0n) is 28.1. The van der Waals surface area contributed by atoms with Crippen LogP contribution in [0.4, 0.5) is 34.8 Å². The van der Waals surface area contributed by atoms with Gasteiger partial charge in [-0.2, -0.15) is 9.35 Å². The highest BCUT2D eigenvalue weighted by Crippen LogP contribution is 2.44. The van der Waals surface area contributed by atoms with E-state index in [1.54, 1.807) is 18.6 Å². The molecule has 44 heavy (non-hydrogen) atoms. The molecule has 0 radical (unpaired) electrons. The second kappa shape index (κ2) is 13.4. The van der Waals surface area contributed by atoms with Gasteiger partial charge in [-0.3, -0.25) is 0 Å². The van der Waals surface area contributed by atoms with Crippen molar-refractivity contribution in [3.05, 3.63) is 53.7 Å². The van der Waals surface area contributed by atoms with Gasteiger partial charge >= 0.3 is 0 Å². The zero-order chi connectivity index (χ0) is 32.3. The van der Waals surface area contributed by atoms with Crippen molar-refractivity contribution < 1.29 is 8.95 Å². The first kappa shape index (κ1) is 33.6. The summed E-state index contributed by atoms with van der Waals surface area (Å²) in [5.41, 5.74) is 3.71. The van der Waals surface area contributed by atoms with Gasteiger partial charge in [0.2, 0.25) is 5.95 Å². The normalized spacial score (nSPS) is 16.8. The van der Waals surface area contributed by atoms with Crippen molar-refractivity contribution in [3.8, 4) is 0 Å². The maximum absolute atomic E-state index is 12.4. The van der Waals surface area contributed by atoms with Gasteiger partial charge in [-0.1, -0.05) is 19.9 Å². The van der Waals surface area contributed by atoms with Gasteiger partial charge in [0.05, 0.1) is 12.2 Å². The minimum Gasteiger partial charge on any atom is -0.375 e. The van der Waals surface area contributed by atoms with E-state index in [9.17, 15) is 4.21 Å². The molecule has 11 heteroatoms. The zero-order valence-corrected chi connectivity index (χ0v) is 29.0. The highest BCUT2D eigenvalue weighted by atomic mass is 32.2. The van der Waals surface area contributed by atoms with E-state index in [1.165, 1.54) is 11.3 Å². The van der Waals surface area contributed by atoms with E-state index in [0.717, 1.165) is 43.1 Å². The summed E-state index contributed by atoms with van der Waals surface area (Å²) < 4.78 is 23.0. The van der Waals surface area contributed by atoms with Crippen LogP contribution in [0.3, 0.4) is 0 Å². The number of nitrogens with zero attached hydrogens (tertiary/aromatic N) is 7. The van der Waals surface area contributed by atoms with E-state index < -0.39 is 9.73 Å². The Bertz CT molecular complexity index is 1570. The van der Waals surface area contributed by atoms with Crippen molar-refractivity contribution in [2.24, 2.45) is 4.36 Å². The number of aryl methyl sites for hydroxylation is 1. The molecule has 0 fully saturated rings. The van der Waals surface area contributed by atoms with Crippen LogP contribution in [0.2, 0.25) is 0 Å². The first-order chi connectivity index (χ1) is 20.6. The summed E-state index contributed by atoms with van der Waals surface area (Å²) in [5, 5.41) is 3.44. The Morgan fingerprint density at radius 1 is 1.11 bits per heavy atom. The summed E-state index contributed by atoms with van der Waals surface area (Å²) in [5.74, 6) is 2.40. The van der Waals surface area contributed by atoms with Crippen LogP contribution < -0.4 is 15.1 Å². The Morgan fingerprint density at radius 3 is 2.50 bits per heavy atom. The van der Waals surface area contributed by atoms with Crippen LogP contribution in [0.1, 0.15) is 52.2 Å². The summed E-state index contributed by atoms with van der Waals surface area (Å²) >= 11 is 0. The summed E-state index contributed by atoms with van der Waals surface area (Å²) in [6.07, 6.45) is 6.21. The Kier molecular flexibility index (Phi) is 10.2. The molecule has 1 atom stereocenters. The molecule has 0 saturated heterocycles. The Labute approximate surface area is 264 Å². The molecule has 0 bridgehead atoms. The molecule has 4 rings (SSSR count). The quantitative estimate of drug-likeness (QED) is 0.250. The first-order valence-electron chi connectivity index (χ1n) is 15.3. The van der Waals surface area contributed by atoms with E-state index in [4.69, 9.17) is 19.7 Å². The number of benzene rings is 1. The number of ether oxygens (including phenoxy) is 1. The van der Waals surface area contributed by atoms with Gasteiger partial charge in [-0.25, -0.2) is 14.2 Å². The van der Waals surface area contributed by atoms with Crippen LogP contribution in [-0.2, 0) is 19.9 Å². The molecule has 10 nitrogen and oxygen atoms in total. The van der Waals surface area contributed by atoms with Gasteiger partial charge in [0.1, 0.15) is 11.6 Å². The highest BCUT2D eigenvalue weighted by molar-refractivity contribution is 7.92. The van der Waals surface area contributed by atoms with Gasteiger partial charge in [0.15, 0.2) is 5.82 Å². The van der Waals surface area contributed by atoms with Crippen LogP contribution in [0, 0.1) is 6.92 Å². The SMILES string of the molecule is CCCN(CCN(C)C)c1ccc(Nc2ncc3c(n2)N(c2cccc(N=S(C)(C)=O)n2)C[C@@]3(C)COC(C)(C)C)cc1C. The van der Waals surface area contributed by atoms with Crippen molar-refractivity contribution in [1.29, 1.82) is 0 Å². The fraction of sp³-hybridized carbons (Fsp3) is 0.545. The highest BCUT2D eigenvalue weighted by Gasteiger charge is 2.43. The lowest BCUT2D eigenvalue weighted by atomic mass is 9.87. The molecule has 3 aromatic rings. The topological polar surface area (TPSA) is 99.1 Å². The number of hydrogen-bond donors (Lipinski definition) is 1. The van der Waals surface area contributed by atoms with Crippen LogP contribution >= 0.6 is 0 Å². The fourth-order valence-corrected chi connectivity index (χ4v) is 5.81. The standard InChI is InChI=1S/C33H50N8O2S/c1-11-17-40(19-18-39(7)8)27-16-15-25(20-24(27)2)35-31-34-21-26-30(37-31)41(22-33(26,6)23-43-32(3,4)5)29-14-12-13-28(36-29)38-44(9,10)42/h12-16,20-21H,11,17-19,22-23H2,1-10H3,(H,34,35,37)/t33-/m0/s1. The molecule has 1 N–H and O–H groups in total. The number of fused-ring (bicyclic) bond motifs is 1. The summed E-state index contributed by atoms with van der Waals surface area (Å²) in [7, 11) is 1.86. The molecule has 2 aromatic heterocycles. The van der Waals surface area contributed by atoms with Crippen molar-refractivity contribution in [2.45, 2.75) is 59.0 Å². The van der Waals surface area contributed by atoms with Crippen molar-refractivity contribution >= 4 is 44.5 Å². The predicted molar refractivity (Wildman–Crippen MR) is 184 cm³/mol. The van der Waals surface area contributed by atoms with Crippen LogP contribution in [-0.4, -0.2) is 89.1 Å². The number of aromatic nitrogens is 3. The molecular formula is C33H50N8O2S. The molecule has 0 unspecified atom stereocenters. The van der Waals surface area contributed by atoms with E-state index in [1.807, 2.05) is 18.3 Å². The molecule has 1 aromatic carbocycles. The van der Waals surface area contributed by atoms with E-state index >= 15 is 0 Å². The minimum atomic E-state index is -2.36. The Morgan fingerprint density at radius 2 is 1.86 bits per heavy atom. The number of pyridine rings is 1. The van der Waals surface area contributed by atoms with E-state index in [2.05, 4.69) is 98.2 Å². The average Bonchev–Trinajstić information content (AvgIpc) is 3.21. The van der Waals surface area contributed by atoms with Crippen molar-refractivity contribution in [1.82, 2.24) is 19.9 Å². The van der Waals surface area contributed by atoms with Crippen LogP contribution in [0.15, 0.2) is 47.0 Å². The lowest BCUT2D eigenvalue weighted by molar-refractivity contribution is -0.0252. The maximum Gasteiger partial charge on any atom is 0.229 e. The number of anilines is 5. The van der Waals surface area contributed by atoms with Gasteiger partial charge in [0, 0.05) is 77.0 Å². The number of hydrogen-bond acceptors (Lipinski definition) is 10. The van der Waals surface area contributed by atoms with Gasteiger partial charge in [0.25, 0.3) is 0 Å². The lowest BCUT2D eigenvalue weighted by Gasteiger charge is -2.30. The third-order valence-electron chi connectivity index (χ3n) is 7.42. The molecule has 240 valence electrons. The molecule has 0 spiro atoms. The third kappa shape index (κ3) is 8.67. The molecule has 3 heterocycles. The Hall–Kier alpha value is -3.28. The lowest BCUT2D eigenvalue weighted by Crippen LogP contribution is -2.37. The maximum atomic E-state index is 12.4. The minimum absolute atomic E-state index is 0.290. The first-order valence-corrected chi connectivity index (χ1v) is 17.6. The fourth-order valence-electron chi connectivity index (χ4n) is 5.26. The molecular weight excluding hydrogens is 572 g/mol. The molecule has 0 amide bonds. The number of rotatable bonds is 12. The van der Waals surface area contributed by atoms with E-state index in [-0.39, 0.29) is 11.0 Å². The molecule has 1 aliphatic heterocycles. The van der Waals surface area contributed by atoms with Gasteiger partial charge in [-0.15, -0.1) is 0 Å². The van der Waals surface area contributed by atoms with E-state index in [0.29, 0.717) is 30.7 Å². The van der Waals surface area contributed by atoms with Gasteiger partial charge in [-0.05, 0) is 84.1 Å². The summed E-state index contributed by atoms with van der Waals surface area (Å²) in [6, 6.07) is 12.0. The smallest absolute Gasteiger partial charge is 0.229 e. The largest absolute Gasteiger partial charge is 0.375 e. The monoisotopic (exact) mass is 622 g/mol. The predicted octanol–water partition coefficient (Wildman–Crippen LogP) is 6.29. The van der Waals surface area contributed by atoms with Crippen LogP contribution in [0.5, 0.6) is 0 Å². The third-order valence-corrected chi connectivity index (χ3v) is 8.05. The molecule has 0 aliphatic carbocycles. The molecule has 0 saturated carbocycles. The molecule has 1 aliphatic rings. The van der Waals surface area contributed by atoms with Crippen LogP contribution in [0.25, 0.3) is 0 Å². The van der Waals surface area contributed by atoms with Crippen molar-refractivity contribution in [2.75, 3.05) is 74.5 Å². The van der Waals surface area contributed by atoms with Gasteiger partial charge < -0.3 is 24.8 Å². The van der Waals surface area contributed by atoms with Crippen molar-refractivity contribution in [3.63, 3.8) is 0 Å². The number of likely N-dealkylation sites (N-methyl/N-ethyl adjacent to an activating group) is 1. The average molecular weight is 623 g/mol.